The predicted octanol–water partition coefficient (Wildman–Crippen LogP) is 5.74. The van der Waals surface area contributed by atoms with E-state index in [0.717, 1.165) is 18.8 Å². The quantitative estimate of drug-likeness (QED) is 0.565. The monoisotopic (exact) mass is 400 g/mol. The van der Waals surface area contributed by atoms with Gasteiger partial charge in [-0.15, -0.1) is 0 Å². The minimum absolute atomic E-state index is 0.113. The lowest BCUT2D eigenvalue weighted by molar-refractivity contribution is -0.158. The highest BCUT2D eigenvalue weighted by atomic mass is 16.6. The summed E-state index contributed by atoms with van der Waals surface area (Å²) in [5, 5.41) is 0. The molecule has 0 bridgehead atoms. The number of ether oxygens (including phenoxy) is 1. The third kappa shape index (κ3) is 3.08. The van der Waals surface area contributed by atoms with E-state index in [4.69, 9.17) is 4.74 Å². The second-order valence-electron chi connectivity index (χ2n) is 12.3. The molecule has 3 nitrogen and oxygen atoms in total. The number of fused-ring (bicyclic) bond motifs is 5. The van der Waals surface area contributed by atoms with E-state index in [-0.39, 0.29) is 16.9 Å². The number of ketones is 2. The molecule has 0 aromatic heterocycles. The molecule has 0 aromatic carbocycles. The minimum atomic E-state index is 0.113. The van der Waals surface area contributed by atoms with Crippen LogP contribution in [0.2, 0.25) is 0 Å². The number of carbonyl (C=O) groups excluding carboxylic acids is 2. The maximum atomic E-state index is 13.4. The molecule has 1 heterocycles. The molecule has 5 aliphatic rings. The van der Waals surface area contributed by atoms with Crippen molar-refractivity contribution in [1.29, 1.82) is 0 Å². The number of hydrogen-bond donors (Lipinski definition) is 0. The summed E-state index contributed by atoms with van der Waals surface area (Å²) in [6, 6.07) is 0. The van der Waals surface area contributed by atoms with Gasteiger partial charge in [0.15, 0.2) is 0 Å². The van der Waals surface area contributed by atoms with Gasteiger partial charge >= 0.3 is 0 Å². The van der Waals surface area contributed by atoms with Gasteiger partial charge in [-0.05, 0) is 93.3 Å². The van der Waals surface area contributed by atoms with Crippen LogP contribution in [-0.2, 0) is 14.3 Å². The molecule has 162 valence electrons. The fourth-order valence-electron chi connectivity index (χ4n) is 8.60. The molecule has 0 radical (unpaired) electrons. The first-order chi connectivity index (χ1) is 13.6. The fourth-order valence-corrected chi connectivity index (χ4v) is 8.60. The van der Waals surface area contributed by atoms with Gasteiger partial charge in [-0.25, -0.2) is 0 Å². The number of hydrogen-bond acceptors (Lipinski definition) is 3. The smallest absolute Gasteiger partial charge is 0.136 e. The van der Waals surface area contributed by atoms with Crippen molar-refractivity contribution in [3.63, 3.8) is 0 Å². The molecule has 0 spiro atoms. The Kier molecular flexibility index (Phi) is 4.63. The highest BCUT2D eigenvalue weighted by Gasteiger charge is 2.62. The summed E-state index contributed by atoms with van der Waals surface area (Å²) in [4.78, 5) is 25.5. The van der Waals surface area contributed by atoms with Crippen molar-refractivity contribution in [3.8, 4) is 0 Å². The van der Waals surface area contributed by atoms with E-state index in [2.05, 4.69) is 27.7 Å². The first-order valence-corrected chi connectivity index (χ1v) is 12.4. The lowest BCUT2D eigenvalue weighted by Gasteiger charge is -2.59. The molecule has 0 aromatic rings. The third-order valence-electron chi connectivity index (χ3n) is 10.7. The third-order valence-corrected chi connectivity index (χ3v) is 10.7. The van der Waals surface area contributed by atoms with Crippen molar-refractivity contribution in [2.75, 3.05) is 0 Å². The SMILES string of the molecule is CC1(C)OC1CCCC1CC[C@H]2C3C(=O)CC4CC(=O)CCC4(C)[C@H]3CCC12C. The molecule has 3 heteroatoms. The van der Waals surface area contributed by atoms with E-state index in [0.29, 0.717) is 53.7 Å². The van der Waals surface area contributed by atoms with Crippen LogP contribution in [0.15, 0.2) is 0 Å². The molecule has 6 unspecified atom stereocenters. The number of rotatable bonds is 4. The van der Waals surface area contributed by atoms with E-state index in [1.165, 1.54) is 44.9 Å². The maximum absolute atomic E-state index is 13.4. The van der Waals surface area contributed by atoms with Crippen LogP contribution in [0.4, 0.5) is 0 Å². The van der Waals surface area contributed by atoms with Crippen LogP contribution >= 0.6 is 0 Å². The van der Waals surface area contributed by atoms with Crippen LogP contribution in [0.3, 0.4) is 0 Å². The molecule has 1 saturated heterocycles. The van der Waals surface area contributed by atoms with E-state index < -0.39 is 0 Å². The molecule has 5 fully saturated rings. The van der Waals surface area contributed by atoms with Gasteiger partial charge in [0.05, 0.1) is 11.7 Å². The van der Waals surface area contributed by atoms with Crippen molar-refractivity contribution < 1.29 is 14.3 Å². The largest absolute Gasteiger partial charge is 0.367 e. The van der Waals surface area contributed by atoms with Gasteiger partial charge in [0.1, 0.15) is 11.6 Å². The Bertz CT molecular complexity index is 711. The number of epoxide rings is 1. The average molecular weight is 401 g/mol. The highest BCUT2D eigenvalue weighted by Crippen LogP contribution is 2.67. The van der Waals surface area contributed by atoms with Gasteiger partial charge in [-0.2, -0.15) is 0 Å². The summed E-state index contributed by atoms with van der Waals surface area (Å²) in [7, 11) is 0. The lowest BCUT2D eigenvalue weighted by Crippen LogP contribution is -2.56. The van der Waals surface area contributed by atoms with Crippen LogP contribution in [0.5, 0.6) is 0 Å². The zero-order valence-corrected chi connectivity index (χ0v) is 19.0. The second-order valence-corrected chi connectivity index (χ2v) is 12.3. The first kappa shape index (κ1) is 20.2. The van der Waals surface area contributed by atoms with Crippen molar-refractivity contribution in [2.24, 2.45) is 40.4 Å². The molecule has 29 heavy (non-hydrogen) atoms. The topological polar surface area (TPSA) is 46.7 Å². The van der Waals surface area contributed by atoms with E-state index in [1.807, 2.05) is 0 Å². The van der Waals surface area contributed by atoms with Crippen molar-refractivity contribution in [2.45, 2.75) is 110 Å². The molecule has 4 aliphatic carbocycles. The zero-order valence-electron chi connectivity index (χ0n) is 19.0. The Morgan fingerprint density at radius 2 is 1.62 bits per heavy atom. The molecule has 5 rings (SSSR count). The lowest BCUT2D eigenvalue weighted by atomic mass is 9.44. The standard InChI is InChI=1S/C26H40O3/c1-24(2)22(29-24)7-5-6-16-8-9-19-23-20(11-13-25(16,19)3)26(4)12-10-18(27)14-17(26)15-21(23)28/h16-17,19-20,22-23H,5-15H2,1-4H3/t16?,17?,19-,20-,22?,23?,25?,26?/m0/s1. The van der Waals surface area contributed by atoms with Gasteiger partial charge in [0.2, 0.25) is 0 Å². The van der Waals surface area contributed by atoms with Gasteiger partial charge < -0.3 is 4.74 Å². The maximum Gasteiger partial charge on any atom is 0.136 e. The molecule has 1 aliphatic heterocycles. The summed E-state index contributed by atoms with van der Waals surface area (Å²) in [5.74, 6) is 3.39. The Morgan fingerprint density at radius 3 is 2.34 bits per heavy atom. The van der Waals surface area contributed by atoms with E-state index in [1.54, 1.807) is 0 Å². The van der Waals surface area contributed by atoms with Crippen molar-refractivity contribution >= 4 is 11.6 Å². The Morgan fingerprint density at radius 1 is 0.897 bits per heavy atom. The Balaban J connectivity index is 1.30. The first-order valence-electron chi connectivity index (χ1n) is 12.4. The Labute approximate surface area is 176 Å². The summed E-state index contributed by atoms with van der Waals surface area (Å²) in [5.41, 5.74) is 0.688. The van der Waals surface area contributed by atoms with Crippen LogP contribution in [0.1, 0.15) is 98.3 Å². The van der Waals surface area contributed by atoms with Crippen LogP contribution in [-0.4, -0.2) is 23.3 Å². The molecule has 0 N–H and O–H groups in total. The summed E-state index contributed by atoms with van der Waals surface area (Å²) in [6.07, 6.45) is 12.4. The van der Waals surface area contributed by atoms with Gasteiger partial charge in [0, 0.05) is 25.2 Å². The van der Waals surface area contributed by atoms with E-state index in [9.17, 15) is 9.59 Å². The highest BCUT2D eigenvalue weighted by molar-refractivity contribution is 5.86. The van der Waals surface area contributed by atoms with E-state index >= 15 is 0 Å². The summed E-state index contributed by atoms with van der Waals surface area (Å²) < 4.78 is 5.79. The van der Waals surface area contributed by atoms with Crippen LogP contribution in [0, 0.1) is 40.4 Å². The number of Topliss-reactive ketones (excluding diaryl/α,β-unsaturated/α-hetero) is 2. The zero-order chi connectivity index (χ0) is 20.6. The minimum Gasteiger partial charge on any atom is -0.367 e. The van der Waals surface area contributed by atoms with Gasteiger partial charge in [-0.1, -0.05) is 20.3 Å². The molecule has 8 atom stereocenters. The van der Waals surface area contributed by atoms with Crippen molar-refractivity contribution in [3.05, 3.63) is 0 Å². The normalized spacial score (nSPS) is 50.6. The molecule has 0 amide bonds. The molecular weight excluding hydrogens is 360 g/mol. The summed E-state index contributed by atoms with van der Waals surface area (Å²) in [6.45, 7) is 9.36. The average Bonchev–Trinajstić information content (AvgIpc) is 3.12. The molecular formula is C26H40O3. The number of carbonyl (C=O) groups is 2. The van der Waals surface area contributed by atoms with Crippen molar-refractivity contribution in [1.82, 2.24) is 0 Å². The van der Waals surface area contributed by atoms with Gasteiger partial charge in [-0.3, -0.25) is 9.59 Å². The van der Waals surface area contributed by atoms with Gasteiger partial charge in [0.25, 0.3) is 0 Å². The summed E-state index contributed by atoms with van der Waals surface area (Å²) >= 11 is 0. The molecule has 4 saturated carbocycles. The second kappa shape index (κ2) is 6.65. The fraction of sp³-hybridized carbons (Fsp3) is 0.923. The van der Waals surface area contributed by atoms with Crippen LogP contribution < -0.4 is 0 Å². The Hall–Kier alpha value is -0.700. The predicted molar refractivity (Wildman–Crippen MR) is 113 cm³/mol. The van der Waals surface area contributed by atoms with Crippen LogP contribution in [0.25, 0.3) is 0 Å².